The molecule has 0 unspecified atom stereocenters. The maximum atomic E-state index is 12.7. The van der Waals surface area contributed by atoms with Crippen LogP contribution >= 0.6 is 24.0 Å². The number of nitrogens with zero attached hydrogens (tertiary/aromatic N) is 4. The molecule has 1 fully saturated rings. The van der Waals surface area contributed by atoms with Crippen molar-refractivity contribution >= 4 is 46.9 Å². The first-order valence-corrected chi connectivity index (χ1v) is 9.60. The van der Waals surface area contributed by atoms with E-state index < -0.39 is 0 Å². The minimum absolute atomic E-state index is 0. The van der Waals surface area contributed by atoms with Gasteiger partial charge in [-0.25, -0.2) is 4.98 Å². The van der Waals surface area contributed by atoms with E-state index in [9.17, 15) is 4.79 Å². The zero-order chi connectivity index (χ0) is 19.5. The Labute approximate surface area is 179 Å². The number of fused-ring (bicyclic) bond motifs is 1. The predicted molar refractivity (Wildman–Crippen MR) is 114 cm³/mol. The van der Waals surface area contributed by atoms with Crippen LogP contribution in [0.25, 0.3) is 11.0 Å². The SMILES string of the molecule is COc1ccc2nc(NC(=O)c3ccnnc3)n([C@@H]3CCCCNC3)c2c1Cl.Cl. The van der Waals surface area contributed by atoms with Gasteiger partial charge in [-0.05, 0) is 37.6 Å². The number of ether oxygens (including phenoxy) is 1. The summed E-state index contributed by atoms with van der Waals surface area (Å²) in [6, 6.07) is 5.36. The Morgan fingerprint density at radius 3 is 2.93 bits per heavy atom. The zero-order valence-electron chi connectivity index (χ0n) is 15.9. The first-order chi connectivity index (χ1) is 13.7. The van der Waals surface area contributed by atoms with E-state index in [0.717, 1.165) is 37.9 Å². The molecule has 2 aromatic heterocycles. The van der Waals surface area contributed by atoms with E-state index >= 15 is 0 Å². The maximum Gasteiger partial charge on any atom is 0.259 e. The lowest BCUT2D eigenvalue weighted by molar-refractivity contribution is 0.102. The second-order valence-corrected chi connectivity index (χ2v) is 7.07. The summed E-state index contributed by atoms with van der Waals surface area (Å²) in [7, 11) is 1.58. The van der Waals surface area contributed by atoms with E-state index in [1.54, 1.807) is 19.2 Å². The number of benzene rings is 1. The molecule has 1 atom stereocenters. The molecule has 0 radical (unpaired) electrons. The fourth-order valence-electron chi connectivity index (χ4n) is 3.55. The second kappa shape index (κ2) is 9.39. The number of rotatable bonds is 4. The molecule has 29 heavy (non-hydrogen) atoms. The van der Waals surface area contributed by atoms with Gasteiger partial charge in [-0.1, -0.05) is 18.0 Å². The standard InChI is InChI=1S/C19H21ClN6O2.ClH/c1-28-15-6-5-14-17(16(15)20)26(13-4-2-3-8-21-11-13)19(24-14)25-18(27)12-7-9-22-23-10-12;/h5-7,9-10,13,21H,2-4,8,11H2,1H3,(H,24,25,27);1H/t13-;/m1./s1. The molecule has 0 spiro atoms. The van der Waals surface area contributed by atoms with Gasteiger partial charge in [-0.2, -0.15) is 10.2 Å². The van der Waals surface area contributed by atoms with Crippen molar-refractivity contribution in [3.05, 3.63) is 41.2 Å². The van der Waals surface area contributed by atoms with Crippen molar-refractivity contribution in [2.45, 2.75) is 25.3 Å². The van der Waals surface area contributed by atoms with Crippen molar-refractivity contribution in [3.8, 4) is 5.75 Å². The van der Waals surface area contributed by atoms with Crippen LogP contribution in [0.3, 0.4) is 0 Å². The van der Waals surface area contributed by atoms with E-state index in [-0.39, 0.29) is 24.4 Å². The van der Waals surface area contributed by atoms with Gasteiger partial charge in [0, 0.05) is 12.6 Å². The highest BCUT2D eigenvalue weighted by molar-refractivity contribution is 6.36. The summed E-state index contributed by atoms with van der Waals surface area (Å²) in [4.78, 5) is 17.3. The molecule has 3 aromatic rings. The molecule has 1 aliphatic heterocycles. The Morgan fingerprint density at radius 2 is 2.17 bits per heavy atom. The van der Waals surface area contributed by atoms with E-state index in [1.165, 1.54) is 12.4 Å². The van der Waals surface area contributed by atoms with Gasteiger partial charge in [-0.3, -0.25) is 10.1 Å². The van der Waals surface area contributed by atoms with Gasteiger partial charge in [0.15, 0.2) is 0 Å². The molecule has 8 nitrogen and oxygen atoms in total. The topological polar surface area (TPSA) is 94.0 Å². The number of carbonyl (C=O) groups excluding carboxylic acids is 1. The molecular formula is C19H22Cl2N6O2. The average molecular weight is 437 g/mol. The van der Waals surface area contributed by atoms with Gasteiger partial charge in [0.2, 0.25) is 5.95 Å². The van der Waals surface area contributed by atoms with E-state index in [4.69, 9.17) is 16.3 Å². The molecule has 10 heteroatoms. The lowest BCUT2D eigenvalue weighted by atomic mass is 10.1. The molecule has 1 amide bonds. The first-order valence-electron chi connectivity index (χ1n) is 9.22. The van der Waals surface area contributed by atoms with Crippen LogP contribution in [0.15, 0.2) is 30.6 Å². The minimum atomic E-state index is -0.295. The quantitative estimate of drug-likeness (QED) is 0.649. The summed E-state index contributed by atoms with van der Waals surface area (Å²) >= 11 is 6.64. The van der Waals surface area contributed by atoms with Crippen LogP contribution in [-0.4, -0.2) is 45.9 Å². The molecule has 1 aromatic carbocycles. The number of hydrogen-bond acceptors (Lipinski definition) is 6. The number of nitrogens with one attached hydrogen (secondary N) is 2. The summed E-state index contributed by atoms with van der Waals surface area (Å²) in [5, 5.41) is 14.3. The van der Waals surface area contributed by atoms with E-state index in [0.29, 0.717) is 27.8 Å². The molecular weight excluding hydrogens is 415 g/mol. The van der Waals surface area contributed by atoms with Gasteiger partial charge >= 0.3 is 0 Å². The van der Waals surface area contributed by atoms with Gasteiger partial charge < -0.3 is 14.6 Å². The highest BCUT2D eigenvalue weighted by Crippen LogP contribution is 2.37. The van der Waals surface area contributed by atoms with Gasteiger partial charge in [0.1, 0.15) is 10.8 Å². The van der Waals surface area contributed by atoms with Crippen LogP contribution in [0.4, 0.5) is 5.95 Å². The van der Waals surface area contributed by atoms with Crippen LogP contribution in [-0.2, 0) is 0 Å². The smallest absolute Gasteiger partial charge is 0.259 e. The first kappa shape index (κ1) is 21.3. The number of carbonyl (C=O) groups is 1. The zero-order valence-corrected chi connectivity index (χ0v) is 17.5. The molecule has 1 aliphatic rings. The molecule has 2 N–H and O–H groups in total. The third kappa shape index (κ3) is 4.29. The van der Waals surface area contributed by atoms with E-state index in [1.807, 2.05) is 10.6 Å². The predicted octanol–water partition coefficient (Wildman–Crippen LogP) is 3.48. The summed E-state index contributed by atoms with van der Waals surface area (Å²) in [6.45, 7) is 1.75. The fraction of sp³-hybridized carbons (Fsp3) is 0.368. The number of halogens is 2. The Morgan fingerprint density at radius 1 is 1.31 bits per heavy atom. The number of amides is 1. The summed E-state index contributed by atoms with van der Waals surface area (Å²) in [5.74, 6) is 0.741. The van der Waals surface area contributed by atoms with E-state index in [2.05, 4.69) is 25.8 Å². The Balaban J connectivity index is 0.00000240. The Bertz CT molecular complexity index is 987. The number of imidazole rings is 1. The third-order valence-electron chi connectivity index (χ3n) is 4.93. The van der Waals surface area contributed by atoms with Crippen molar-refractivity contribution < 1.29 is 9.53 Å². The summed E-state index contributed by atoms with van der Waals surface area (Å²) in [6.07, 6.45) is 6.07. The van der Waals surface area contributed by atoms with Gasteiger partial charge in [-0.15, -0.1) is 12.4 Å². The van der Waals surface area contributed by atoms with Crippen molar-refractivity contribution in [3.63, 3.8) is 0 Å². The molecule has 0 bridgehead atoms. The number of methoxy groups -OCH3 is 1. The normalized spacial score (nSPS) is 16.7. The van der Waals surface area contributed by atoms with Crippen LogP contribution in [0.2, 0.25) is 5.02 Å². The molecule has 154 valence electrons. The molecule has 0 saturated carbocycles. The highest BCUT2D eigenvalue weighted by atomic mass is 35.5. The minimum Gasteiger partial charge on any atom is -0.495 e. The Kier molecular flexibility index (Phi) is 6.89. The molecule has 1 saturated heterocycles. The van der Waals surface area contributed by atoms with Crippen LogP contribution in [0, 0.1) is 0 Å². The lowest BCUT2D eigenvalue weighted by Gasteiger charge is -2.21. The van der Waals surface area contributed by atoms with Crippen molar-refractivity contribution in [2.24, 2.45) is 0 Å². The molecule has 3 heterocycles. The van der Waals surface area contributed by atoms with Gasteiger partial charge in [0.25, 0.3) is 5.91 Å². The van der Waals surface area contributed by atoms with Crippen LogP contribution < -0.4 is 15.4 Å². The number of aromatic nitrogens is 4. The average Bonchev–Trinajstić information content (AvgIpc) is 2.89. The number of anilines is 1. The molecule has 4 rings (SSSR count). The van der Waals surface area contributed by atoms with Crippen LogP contribution in [0.1, 0.15) is 35.7 Å². The highest BCUT2D eigenvalue weighted by Gasteiger charge is 2.25. The monoisotopic (exact) mass is 436 g/mol. The molecule has 0 aliphatic carbocycles. The summed E-state index contributed by atoms with van der Waals surface area (Å²) < 4.78 is 7.41. The van der Waals surface area contributed by atoms with Crippen molar-refractivity contribution in [1.82, 2.24) is 25.1 Å². The van der Waals surface area contributed by atoms with Gasteiger partial charge in [0.05, 0.1) is 36.1 Å². The number of hydrogen-bond donors (Lipinski definition) is 2. The fourth-order valence-corrected chi connectivity index (χ4v) is 3.88. The maximum absolute atomic E-state index is 12.7. The second-order valence-electron chi connectivity index (χ2n) is 6.69. The van der Waals surface area contributed by atoms with Crippen molar-refractivity contribution in [1.29, 1.82) is 0 Å². The van der Waals surface area contributed by atoms with Crippen molar-refractivity contribution in [2.75, 3.05) is 25.5 Å². The largest absolute Gasteiger partial charge is 0.495 e. The Hall–Kier alpha value is -2.42. The van der Waals surface area contributed by atoms with Crippen LogP contribution in [0.5, 0.6) is 5.75 Å². The lowest BCUT2D eigenvalue weighted by Crippen LogP contribution is -2.25. The third-order valence-corrected chi connectivity index (χ3v) is 5.30. The summed E-state index contributed by atoms with van der Waals surface area (Å²) in [5.41, 5.74) is 1.88.